The highest BCUT2D eigenvalue weighted by Crippen LogP contribution is 2.13. The molecule has 154 valence electrons. The molecule has 1 fully saturated rings. The predicted molar refractivity (Wildman–Crippen MR) is 125 cm³/mol. The molecule has 1 aromatic carbocycles. The Kier molecular flexibility index (Phi) is 13.5. The molecule has 0 unspecified atom stereocenters. The highest BCUT2D eigenvalue weighted by atomic mass is 127. The average molecular weight is 488 g/mol. The zero-order chi connectivity index (χ0) is 18.5. The van der Waals surface area contributed by atoms with Crippen LogP contribution in [0.4, 0.5) is 0 Å². The highest BCUT2D eigenvalue weighted by Gasteiger charge is 2.11. The van der Waals surface area contributed by atoms with Gasteiger partial charge in [-0.3, -0.25) is 9.89 Å². The van der Waals surface area contributed by atoms with E-state index in [1.807, 2.05) is 7.05 Å². The van der Waals surface area contributed by atoms with Gasteiger partial charge in [-0.25, -0.2) is 0 Å². The average Bonchev–Trinajstić information content (AvgIpc) is 3.17. The molecule has 1 aromatic rings. The number of rotatable bonds is 11. The van der Waals surface area contributed by atoms with Gasteiger partial charge in [-0.1, -0.05) is 37.6 Å². The van der Waals surface area contributed by atoms with E-state index in [-0.39, 0.29) is 24.0 Å². The van der Waals surface area contributed by atoms with Crippen molar-refractivity contribution >= 4 is 29.9 Å². The minimum Gasteiger partial charge on any atom is -0.381 e. The van der Waals surface area contributed by atoms with Crippen molar-refractivity contribution in [3.63, 3.8) is 0 Å². The first kappa shape index (κ1) is 24.2. The first-order valence-electron chi connectivity index (χ1n) is 10.1. The Morgan fingerprint density at radius 1 is 1.04 bits per heavy atom. The fourth-order valence-corrected chi connectivity index (χ4v) is 3.10. The molecule has 0 spiro atoms. The Hall–Kier alpha value is -0.860. The van der Waals surface area contributed by atoms with Crippen LogP contribution in [0.25, 0.3) is 0 Å². The Bertz CT molecular complexity index is 515. The fraction of sp³-hybridized carbons (Fsp3) is 0.667. The molecule has 1 heterocycles. The van der Waals surface area contributed by atoms with Crippen molar-refractivity contribution < 1.29 is 4.74 Å². The van der Waals surface area contributed by atoms with Crippen LogP contribution in [0.5, 0.6) is 0 Å². The molecule has 5 nitrogen and oxygen atoms in total. The molecule has 0 amide bonds. The van der Waals surface area contributed by atoms with Crippen molar-refractivity contribution in [2.45, 2.75) is 52.1 Å². The van der Waals surface area contributed by atoms with Gasteiger partial charge in [0.15, 0.2) is 5.96 Å². The number of aliphatic imine (C=N–C) groups is 1. The van der Waals surface area contributed by atoms with Crippen molar-refractivity contribution in [2.75, 3.05) is 39.9 Å². The number of guanidine groups is 1. The standard InChI is InChI=1S/C21H36N4O.HI/c1-3-4-15-26-16-7-12-23-21(22-2)24-17-19-8-10-20(11-9-19)18-25-13-5-6-14-25;/h8-11H,3-7,12-18H2,1-2H3,(H2,22,23,24);1H. The van der Waals surface area contributed by atoms with Crippen LogP contribution in [0.2, 0.25) is 0 Å². The lowest BCUT2D eigenvalue weighted by Crippen LogP contribution is -2.37. The van der Waals surface area contributed by atoms with Crippen molar-refractivity contribution in [1.29, 1.82) is 0 Å². The summed E-state index contributed by atoms with van der Waals surface area (Å²) in [5.41, 5.74) is 2.68. The lowest BCUT2D eigenvalue weighted by Gasteiger charge is -2.15. The summed E-state index contributed by atoms with van der Waals surface area (Å²) >= 11 is 0. The molecular formula is C21H37IN4O. The number of benzene rings is 1. The Morgan fingerprint density at radius 3 is 2.37 bits per heavy atom. The van der Waals surface area contributed by atoms with Gasteiger partial charge in [0.1, 0.15) is 0 Å². The monoisotopic (exact) mass is 488 g/mol. The van der Waals surface area contributed by atoms with Crippen LogP contribution < -0.4 is 10.6 Å². The largest absolute Gasteiger partial charge is 0.381 e. The summed E-state index contributed by atoms with van der Waals surface area (Å²) in [6.07, 6.45) is 6.02. The summed E-state index contributed by atoms with van der Waals surface area (Å²) in [6, 6.07) is 8.93. The molecular weight excluding hydrogens is 451 g/mol. The second kappa shape index (κ2) is 15.1. The number of unbranched alkanes of at least 4 members (excludes halogenated alkanes) is 1. The summed E-state index contributed by atoms with van der Waals surface area (Å²) in [6.45, 7) is 9.10. The van der Waals surface area contributed by atoms with Gasteiger partial charge < -0.3 is 15.4 Å². The second-order valence-corrected chi connectivity index (χ2v) is 6.97. The highest BCUT2D eigenvalue weighted by molar-refractivity contribution is 14.0. The first-order valence-corrected chi connectivity index (χ1v) is 10.1. The maximum atomic E-state index is 5.57. The van der Waals surface area contributed by atoms with Gasteiger partial charge >= 0.3 is 0 Å². The number of nitrogens with one attached hydrogen (secondary N) is 2. The predicted octanol–water partition coefficient (Wildman–Crippen LogP) is 3.77. The minimum atomic E-state index is 0. The van der Waals surface area contributed by atoms with Gasteiger partial charge in [0.25, 0.3) is 0 Å². The zero-order valence-corrected chi connectivity index (χ0v) is 19.3. The molecule has 1 aliphatic heterocycles. The molecule has 2 N–H and O–H groups in total. The van der Waals surface area contributed by atoms with Gasteiger partial charge in [-0.2, -0.15) is 0 Å². The number of hydrogen-bond acceptors (Lipinski definition) is 3. The van der Waals surface area contributed by atoms with E-state index in [1.165, 1.54) is 43.5 Å². The Balaban J connectivity index is 0.00000364. The maximum absolute atomic E-state index is 5.57. The summed E-state index contributed by atoms with van der Waals surface area (Å²) in [4.78, 5) is 6.82. The summed E-state index contributed by atoms with van der Waals surface area (Å²) in [5.74, 6) is 0.847. The molecule has 0 atom stereocenters. The summed E-state index contributed by atoms with van der Waals surface area (Å²) < 4.78 is 5.57. The second-order valence-electron chi connectivity index (χ2n) is 6.97. The maximum Gasteiger partial charge on any atom is 0.191 e. The lowest BCUT2D eigenvalue weighted by molar-refractivity contribution is 0.129. The molecule has 0 bridgehead atoms. The van der Waals surface area contributed by atoms with E-state index < -0.39 is 0 Å². The van der Waals surface area contributed by atoms with Crippen LogP contribution in [-0.4, -0.2) is 50.8 Å². The lowest BCUT2D eigenvalue weighted by atomic mass is 10.1. The number of hydrogen-bond donors (Lipinski definition) is 2. The van der Waals surface area contributed by atoms with Crippen LogP contribution in [0.15, 0.2) is 29.3 Å². The van der Waals surface area contributed by atoms with Crippen LogP contribution in [0.1, 0.15) is 50.2 Å². The molecule has 0 radical (unpaired) electrons. The van der Waals surface area contributed by atoms with Gasteiger partial charge in [-0.15, -0.1) is 24.0 Å². The topological polar surface area (TPSA) is 48.9 Å². The van der Waals surface area contributed by atoms with Crippen molar-refractivity contribution in [3.8, 4) is 0 Å². The van der Waals surface area contributed by atoms with Crippen molar-refractivity contribution in [2.24, 2.45) is 4.99 Å². The normalized spacial score (nSPS) is 14.8. The Morgan fingerprint density at radius 2 is 1.70 bits per heavy atom. The molecule has 27 heavy (non-hydrogen) atoms. The summed E-state index contributed by atoms with van der Waals surface area (Å²) in [5, 5.41) is 6.72. The van der Waals surface area contributed by atoms with E-state index in [0.29, 0.717) is 0 Å². The van der Waals surface area contributed by atoms with E-state index in [0.717, 1.165) is 51.6 Å². The summed E-state index contributed by atoms with van der Waals surface area (Å²) in [7, 11) is 1.81. The van der Waals surface area contributed by atoms with Crippen LogP contribution in [-0.2, 0) is 17.8 Å². The quantitative estimate of drug-likeness (QED) is 0.216. The number of halogens is 1. The van der Waals surface area contributed by atoms with Crippen LogP contribution in [0, 0.1) is 0 Å². The number of likely N-dealkylation sites (tertiary alicyclic amines) is 1. The Labute approximate surface area is 182 Å². The van der Waals surface area contributed by atoms with E-state index in [2.05, 4.69) is 51.7 Å². The van der Waals surface area contributed by atoms with Gasteiger partial charge in [0.05, 0.1) is 0 Å². The minimum absolute atomic E-state index is 0. The zero-order valence-electron chi connectivity index (χ0n) is 17.0. The molecule has 6 heteroatoms. The SMILES string of the molecule is CCCCOCCCNC(=NC)NCc1ccc(CN2CCCC2)cc1.I. The van der Waals surface area contributed by atoms with Gasteiger partial charge in [-0.05, 0) is 49.9 Å². The third-order valence-corrected chi connectivity index (χ3v) is 4.71. The van der Waals surface area contributed by atoms with Gasteiger partial charge in [0, 0.05) is 39.9 Å². The van der Waals surface area contributed by atoms with Gasteiger partial charge in [0.2, 0.25) is 0 Å². The fourth-order valence-electron chi connectivity index (χ4n) is 3.10. The van der Waals surface area contributed by atoms with Crippen LogP contribution >= 0.6 is 24.0 Å². The molecule has 2 rings (SSSR count). The molecule has 1 saturated heterocycles. The molecule has 0 saturated carbocycles. The van der Waals surface area contributed by atoms with Crippen molar-refractivity contribution in [1.82, 2.24) is 15.5 Å². The van der Waals surface area contributed by atoms with E-state index in [4.69, 9.17) is 4.74 Å². The smallest absolute Gasteiger partial charge is 0.191 e. The van der Waals surface area contributed by atoms with Crippen LogP contribution in [0.3, 0.4) is 0 Å². The number of nitrogens with zero attached hydrogens (tertiary/aromatic N) is 2. The molecule has 0 aliphatic carbocycles. The van der Waals surface area contributed by atoms with E-state index in [9.17, 15) is 0 Å². The first-order chi connectivity index (χ1) is 12.8. The third kappa shape index (κ3) is 10.3. The van der Waals surface area contributed by atoms with E-state index >= 15 is 0 Å². The van der Waals surface area contributed by atoms with E-state index in [1.54, 1.807) is 0 Å². The third-order valence-electron chi connectivity index (χ3n) is 4.71. The number of ether oxygens (including phenoxy) is 1. The van der Waals surface area contributed by atoms with Crippen molar-refractivity contribution in [3.05, 3.63) is 35.4 Å². The molecule has 0 aromatic heterocycles. The molecule has 1 aliphatic rings.